The number of nitrogens with two attached hydrogens (primary N) is 1. The summed E-state index contributed by atoms with van der Waals surface area (Å²) in [5.74, 6) is 3.51. The van der Waals surface area contributed by atoms with Crippen molar-refractivity contribution < 1.29 is 4.74 Å². The largest absolute Gasteiger partial charge is 0.494 e. The van der Waals surface area contributed by atoms with Crippen LogP contribution < -0.4 is 15.8 Å². The zero-order valence-corrected chi connectivity index (χ0v) is 10.4. The monoisotopic (exact) mass is 232 g/mol. The van der Waals surface area contributed by atoms with Crippen LogP contribution in [0.25, 0.3) is 0 Å². The van der Waals surface area contributed by atoms with Gasteiger partial charge in [-0.25, -0.2) is 0 Å². The molecule has 1 rings (SSSR count). The van der Waals surface area contributed by atoms with Crippen LogP contribution in [-0.4, -0.2) is 19.2 Å². The van der Waals surface area contributed by atoms with Gasteiger partial charge in [0, 0.05) is 18.2 Å². The normalized spacial score (nSPS) is 13.8. The standard InChI is InChI=1S/C14H20N2O/c1-4-11(3)16-13(10-15)12-8-6-7-9-14(12)17-5-2/h1,6-9,11,13,16H,5,10,15H2,2-3H3. The molecule has 0 aliphatic heterocycles. The van der Waals surface area contributed by atoms with Crippen molar-refractivity contribution in [1.29, 1.82) is 0 Å². The maximum absolute atomic E-state index is 5.79. The Hall–Kier alpha value is -1.50. The van der Waals surface area contributed by atoms with Gasteiger partial charge in [0.15, 0.2) is 0 Å². The van der Waals surface area contributed by atoms with E-state index in [4.69, 9.17) is 16.9 Å². The average Bonchev–Trinajstić information content (AvgIpc) is 2.37. The zero-order chi connectivity index (χ0) is 12.7. The number of para-hydroxylation sites is 1. The van der Waals surface area contributed by atoms with Gasteiger partial charge in [-0.3, -0.25) is 5.32 Å². The van der Waals surface area contributed by atoms with Crippen molar-refractivity contribution in [3.8, 4) is 18.1 Å². The third-order valence-electron chi connectivity index (χ3n) is 2.53. The van der Waals surface area contributed by atoms with Crippen molar-refractivity contribution >= 4 is 0 Å². The van der Waals surface area contributed by atoms with Crippen LogP contribution in [0.3, 0.4) is 0 Å². The number of rotatable bonds is 6. The lowest BCUT2D eigenvalue weighted by Crippen LogP contribution is -2.34. The van der Waals surface area contributed by atoms with Crippen molar-refractivity contribution in [2.24, 2.45) is 5.73 Å². The van der Waals surface area contributed by atoms with Crippen LogP contribution in [-0.2, 0) is 0 Å². The van der Waals surface area contributed by atoms with Crippen LogP contribution in [0.15, 0.2) is 24.3 Å². The Labute approximate surface area is 103 Å². The fourth-order valence-corrected chi connectivity index (χ4v) is 1.69. The summed E-state index contributed by atoms with van der Waals surface area (Å²) in [6, 6.07) is 7.89. The third-order valence-corrected chi connectivity index (χ3v) is 2.53. The van der Waals surface area contributed by atoms with E-state index in [9.17, 15) is 0 Å². The first kappa shape index (κ1) is 13.6. The Morgan fingerprint density at radius 2 is 2.18 bits per heavy atom. The van der Waals surface area contributed by atoms with Crippen molar-refractivity contribution in [3.05, 3.63) is 29.8 Å². The predicted molar refractivity (Wildman–Crippen MR) is 70.8 cm³/mol. The van der Waals surface area contributed by atoms with E-state index in [0.29, 0.717) is 13.2 Å². The van der Waals surface area contributed by atoms with Gasteiger partial charge in [-0.15, -0.1) is 6.42 Å². The molecule has 17 heavy (non-hydrogen) atoms. The molecule has 0 heterocycles. The number of nitrogens with one attached hydrogen (secondary N) is 1. The second kappa shape index (κ2) is 6.95. The summed E-state index contributed by atoms with van der Waals surface area (Å²) in [5, 5.41) is 3.29. The van der Waals surface area contributed by atoms with Crippen LogP contribution in [0.4, 0.5) is 0 Å². The van der Waals surface area contributed by atoms with E-state index in [0.717, 1.165) is 11.3 Å². The Kier molecular flexibility index (Phi) is 5.55. The minimum absolute atomic E-state index is 0.0155. The SMILES string of the molecule is C#CC(C)NC(CN)c1ccccc1OCC. The highest BCUT2D eigenvalue weighted by molar-refractivity contribution is 5.36. The molecule has 3 N–H and O–H groups in total. The highest BCUT2D eigenvalue weighted by atomic mass is 16.5. The molecule has 1 aromatic carbocycles. The molecule has 3 nitrogen and oxygen atoms in total. The Morgan fingerprint density at radius 3 is 2.76 bits per heavy atom. The number of benzene rings is 1. The van der Waals surface area contributed by atoms with Crippen molar-refractivity contribution in [1.82, 2.24) is 5.32 Å². The van der Waals surface area contributed by atoms with Gasteiger partial charge in [0.25, 0.3) is 0 Å². The van der Waals surface area contributed by atoms with Crippen molar-refractivity contribution in [2.75, 3.05) is 13.2 Å². The molecule has 0 saturated carbocycles. The topological polar surface area (TPSA) is 47.3 Å². The van der Waals surface area contributed by atoms with Gasteiger partial charge in [0.05, 0.1) is 12.6 Å². The average molecular weight is 232 g/mol. The molecule has 0 spiro atoms. The highest BCUT2D eigenvalue weighted by Crippen LogP contribution is 2.24. The van der Waals surface area contributed by atoms with E-state index in [1.807, 2.05) is 38.1 Å². The fraction of sp³-hybridized carbons (Fsp3) is 0.429. The van der Waals surface area contributed by atoms with E-state index < -0.39 is 0 Å². The van der Waals surface area contributed by atoms with Crippen molar-refractivity contribution in [3.63, 3.8) is 0 Å². The molecule has 0 saturated heterocycles. The molecule has 0 fully saturated rings. The van der Waals surface area contributed by atoms with Crippen molar-refractivity contribution in [2.45, 2.75) is 25.9 Å². The summed E-state index contributed by atoms with van der Waals surface area (Å²) in [4.78, 5) is 0. The minimum Gasteiger partial charge on any atom is -0.494 e. The third kappa shape index (κ3) is 3.77. The van der Waals surface area contributed by atoms with E-state index in [-0.39, 0.29) is 12.1 Å². The second-order valence-electron chi connectivity index (χ2n) is 3.81. The second-order valence-corrected chi connectivity index (χ2v) is 3.81. The number of hydrogen-bond donors (Lipinski definition) is 2. The molecule has 3 heteroatoms. The molecule has 1 aromatic rings. The van der Waals surface area contributed by atoms with Crippen LogP contribution in [0.1, 0.15) is 25.5 Å². The summed E-state index contributed by atoms with van der Waals surface area (Å²) in [7, 11) is 0. The first-order chi connectivity index (χ1) is 8.22. The van der Waals surface area contributed by atoms with E-state index >= 15 is 0 Å². The summed E-state index contributed by atoms with van der Waals surface area (Å²) in [5.41, 5.74) is 6.84. The molecule has 2 atom stereocenters. The van der Waals surface area contributed by atoms with Crippen LogP contribution in [0, 0.1) is 12.3 Å². The Bertz CT molecular complexity index is 384. The molecule has 0 aliphatic carbocycles. The summed E-state index contributed by atoms with van der Waals surface area (Å²) >= 11 is 0. The van der Waals surface area contributed by atoms with Crippen LogP contribution >= 0.6 is 0 Å². The highest BCUT2D eigenvalue weighted by Gasteiger charge is 2.15. The summed E-state index contributed by atoms with van der Waals surface area (Å²) in [6.45, 7) is 5.02. The molecule has 2 unspecified atom stereocenters. The molecular formula is C14H20N2O. The van der Waals surface area contributed by atoms with Crippen LogP contribution in [0.2, 0.25) is 0 Å². The van der Waals surface area contributed by atoms with E-state index in [1.54, 1.807) is 0 Å². The van der Waals surface area contributed by atoms with Crippen LogP contribution in [0.5, 0.6) is 5.75 Å². The maximum Gasteiger partial charge on any atom is 0.124 e. The van der Waals surface area contributed by atoms with Gasteiger partial charge < -0.3 is 10.5 Å². The first-order valence-corrected chi connectivity index (χ1v) is 5.86. The molecule has 0 aliphatic rings. The number of terminal acetylenes is 1. The summed E-state index contributed by atoms with van der Waals surface area (Å²) < 4.78 is 5.59. The minimum atomic E-state index is -0.0155. The quantitative estimate of drug-likeness (QED) is 0.734. The molecule has 0 bridgehead atoms. The molecule has 92 valence electrons. The Balaban J connectivity index is 2.91. The number of hydrogen-bond acceptors (Lipinski definition) is 3. The number of ether oxygens (including phenoxy) is 1. The molecule has 0 aromatic heterocycles. The lowest BCUT2D eigenvalue weighted by atomic mass is 10.0. The van der Waals surface area contributed by atoms with E-state index in [1.165, 1.54) is 0 Å². The van der Waals surface area contributed by atoms with Gasteiger partial charge in [-0.05, 0) is 19.9 Å². The molecule has 0 amide bonds. The van der Waals surface area contributed by atoms with E-state index in [2.05, 4.69) is 11.2 Å². The smallest absolute Gasteiger partial charge is 0.124 e. The fourth-order valence-electron chi connectivity index (χ4n) is 1.69. The lowest BCUT2D eigenvalue weighted by molar-refractivity contribution is 0.331. The molecule has 0 radical (unpaired) electrons. The Morgan fingerprint density at radius 1 is 1.47 bits per heavy atom. The van der Waals surface area contributed by atoms with Gasteiger partial charge in [-0.2, -0.15) is 0 Å². The zero-order valence-electron chi connectivity index (χ0n) is 10.4. The maximum atomic E-state index is 5.79. The summed E-state index contributed by atoms with van der Waals surface area (Å²) in [6.07, 6.45) is 5.37. The van der Waals surface area contributed by atoms with Gasteiger partial charge in [0.2, 0.25) is 0 Å². The predicted octanol–water partition coefficient (Wildman–Crippen LogP) is 1.70. The van der Waals surface area contributed by atoms with Gasteiger partial charge in [0.1, 0.15) is 5.75 Å². The molecular weight excluding hydrogens is 212 g/mol. The first-order valence-electron chi connectivity index (χ1n) is 5.86. The van der Waals surface area contributed by atoms with Gasteiger partial charge in [-0.1, -0.05) is 24.1 Å². The lowest BCUT2D eigenvalue weighted by Gasteiger charge is -2.22. The van der Waals surface area contributed by atoms with Gasteiger partial charge >= 0.3 is 0 Å².